The van der Waals surface area contributed by atoms with E-state index in [0.717, 1.165) is 5.56 Å². The van der Waals surface area contributed by atoms with Crippen molar-refractivity contribution < 1.29 is 9.90 Å². The minimum absolute atomic E-state index is 0.255. The highest BCUT2D eigenvalue weighted by Gasteiger charge is 2.25. The second-order valence-corrected chi connectivity index (χ2v) is 4.30. The third-order valence-corrected chi connectivity index (χ3v) is 2.95. The Morgan fingerprint density at radius 3 is 2.94 bits per heavy atom. The lowest BCUT2D eigenvalue weighted by Gasteiger charge is -2.14. The largest absolute Gasteiger partial charge is 0.480 e. The van der Waals surface area contributed by atoms with E-state index in [1.54, 1.807) is 0 Å². The third-order valence-electron chi connectivity index (χ3n) is 2.95. The van der Waals surface area contributed by atoms with Gasteiger partial charge in [-0.3, -0.25) is 10.1 Å². The molecule has 3 heteroatoms. The van der Waals surface area contributed by atoms with Crippen LogP contribution in [0.4, 0.5) is 0 Å². The molecular formula is C14H15NO2. The van der Waals surface area contributed by atoms with Gasteiger partial charge in [0.05, 0.1) is 6.54 Å². The van der Waals surface area contributed by atoms with Gasteiger partial charge in [0, 0.05) is 0 Å². The number of aliphatic carboxylic acids is 1. The summed E-state index contributed by atoms with van der Waals surface area (Å²) in [6.07, 6.45) is 7.55. The van der Waals surface area contributed by atoms with Gasteiger partial charge in [-0.2, -0.15) is 0 Å². The summed E-state index contributed by atoms with van der Waals surface area (Å²) < 4.78 is 0. The quantitative estimate of drug-likeness (QED) is 0.758. The SMILES string of the molecule is C#CCNC(C(=O)O)c1cccc(C2CC2)c1. The van der Waals surface area contributed by atoms with Gasteiger partial charge >= 0.3 is 5.97 Å². The van der Waals surface area contributed by atoms with Crippen molar-refractivity contribution in [2.75, 3.05) is 6.54 Å². The number of hydrogen-bond donors (Lipinski definition) is 2. The summed E-state index contributed by atoms with van der Waals surface area (Å²) in [5, 5.41) is 12.0. The second-order valence-electron chi connectivity index (χ2n) is 4.30. The predicted molar refractivity (Wildman–Crippen MR) is 65.6 cm³/mol. The zero-order chi connectivity index (χ0) is 12.3. The lowest BCUT2D eigenvalue weighted by atomic mass is 10.0. The van der Waals surface area contributed by atoms with E-state index in [1.807, 2.05) is 18.2 Å². The molecule has 2 N–H and O–H groups in total. The van der Waals surface area contributed by atoms with Crippen molar-refractivity contribution in [1.82, 2.24) is 5.32 Å². The molecule has 1 aliphatic rings. The molecule has 1 atom stereocenters. The molecule has 0 spiro atoms. The van der Waals surface area contributed by atoms with Crippen LogP contribution in [0, 0.1) is 12.3 Å². The maximum Gasteiger partial charge on any atom is 0.325 e. The summed E-state index contributed by atoms with van der Waals surface area (Å²) in [6, 6.07) is 7.05. The normalized spacial score (nSPS) is 16.2. The van der Waals surface area contributed by atoms with Crippen molar-refractivity contribution in [2.24, 2.45) is 0 Å². The van der Waals surface area contributed by atoms with E-state index in [2.05, 4.69) is 17.3 Å². The van der Waals surface area contributed by atoms with Crippen LogP contribution in [0.1, 0.15) is 35.9 Å². The van der Waals surface area contributed by atoms with Crippen LogP contribution in [0.15, 0.2) is 24.3 Å². The number of benzene rings is 1. The molecule has 0 heterocycles. The van der Waals surface area contributed by atoms with Crippen LogP contribution >= 0.6 is 0 Å². The van der Waals surface area contributed by atoms with Crippen molar-refractivity contribution >= 4 is 5.97 Å². The Morgan fingerprint density at radius 2 is 2.35 bits per heavy atom. The van der Waals surface area contributed by atoms with Gasteiger partial charge in [-0.25, -0.2) is 0 Å². The monoisotopic (exact) mass is 229 g/mol. The van der Waals surface area contributed by atoms with Crippen LogP contribution in [-0.2, 0) is 4.79 Å². The van der Waals surface area contributed by atoms with Crippen molar-refractivity contribution in [2.45, 2.75) is 24.8 Å². The number of nitrogens with one attached hydrogen (secondary N) is 1. The van der Waals surface area contributed by atoms with Crippen LogP contribution in [0.2, 0.25) is 0 Å². The molecule has 17 heavy (non-hydrogen) atoms. The molecule has 1 unspecified atom stereocenters. The average molecular weight is 229 g/mol. The smallest absolute Gasteiger partial charge is 0.325 e. The summed E-state index contributed by atoms with van der Waals surface area (Å²) >= 11 is 0. The Bertz CT molecular complexity index is 458. The number of terminal acetylenes is 1. The minimum atomic E-state index is -0.895. The molecule has 0 saturated heterocycles. The van der Waals surface area contributed by atoms with Crippen LogP contribution < -0.4 is 5.32 Å². The molecule has 88 valence electrons. The Hall–Kier alpha value is -1.79. The molecule has 1 fully saturated rings. The Labute approximate surface area is 101 Å². The first-order valence-corrected chi connectivity index (χ1v) is 5.72. The first-order chi connectivity index (χ1) is 8.22. The van der Waals surface area contributed by atoms with Gasteiger partial charge in [-0.15, -0.1) is 6.42 Å². The summed E-state index contributed by atoms with van der Waals surface area (Å²) in [4.78, 5) is 11.2. The van der Waals surface area contributed by atoms with Crippen LogP contribution in [0.5, 0.6) is 0 Å². The minimum Gasteiger partial charge on any atom is -0.480 e. The van der Waals surface area contributed by atoms with Crippen LogP contribution in [-0.4, -0.2) is 17.6 Å². The van der Waals surface area contributed by atoms with E-state index in [4.69, 9.17) is 11.5 Å². The molecule has 0 aromatic heterocycles. The molecule has 1 aliphatic carbocycles. The highest BCUT2D eigenvalue weighted by Crippen LogP contribution is 2.40. The zero-order valence-corrected chi connectivity index (χ0v) is 9.52. The summed E-state index contributed by atoms with van der Waals surface area (Å²) in [5.74, 6) is 2.13. The van der Waals surface area contributed by atoms with Gasteiger partial charge in [-0.05, 0) is 29.9 Å². The maximum atomic E-state index is 11.2. The molecule has 0 amide bonds. The van der Waals surface area contributed by atoms with Gasteiger partial charge in [0.15, 0.2) is 0 Å². The van der Waals surface area contributed by atoms with Gasteiger partial charge in [-0.1, -0.05) is 30.2 Å². The van der Waals surface area contributed by atoms with Gasteiger partial charge < -0.3 is 5.11 Å². The highest BCUT2D eigenvalue weighted by atomic mass is 16.4. The van der Waals surface area contributed by atoms with Gasteiger partial charge in [0.25, 0.3) is 0 Å². The number of carboxylic acid groups (broad SMARTS) is 1. The molecule has 1 aromatic rings. The summed E-state index contributed by atoms with van der Waals surface area (Å²) in [5.41, 5.74) is 2.01. The Kier molecular flexibility index (Phi) is 3.46. The van der Waals surface area contributed by atoms with Crippen molar-refractivity contribution in [3.05, 3.63) is 35.4 Å². The predicted octanol–water partition coefficient (Wildman–Crippen LogP) is 1.91. The van der Waals surface area contributed by atoms with Crippen molar-refractivity contribution in [3.8, 4) is 12.3 Å². The van der Waals surface area contributed by atoms with E-state index in [9.17, 15) is 4.79 Å². The molecule has 2 rings (SSSR count). The second kappa shape index (κ2) is 5.03. The fourth-order valence-electron chi connectivity index (χ4n) is 1.92. The standard InChI is InChI=1S/C14H15NO2/c1-2-8-15-13(14(16)17)12-5-3-4-11(9-12)10-6-7-10/h1,3-5,9-10,13,15H,6-8H2,(H,16,17). The van der Waals surface area contributed by atoms with E-state index in [1.165, 1.54) is 18.4 Å². The number of carboxylic acids is 1. The lowest BCUT2D eigenvalue weighted by molar-refractivity contribution is -0.139. The lowest BCUT2D eigenvalue weighted by Crippen LogP contribution is -2.28. The highest BCUT2D eigenvalue weighted by molar-refractivity contribution is 5.75. The maximum absolute atomic E-state index is 11.2. The average Bonchev–Trinajstić information content (AvgIpc) is 3.13. The van der Waals surface area contributed by atoms with Crippen LogP contribution in [0.3, 0.4) is 0 Å². The molecule has 1 aromatic carbocycles. The Balaban J connectivity index is 2.19. The molecule has 0 radical (unpaired) electrons. The van der Waals surface area contributed by atoms with E-state index < -0.39 is 12.0 Å². The molecule has 1 saturated carbocycles. The number of carbonyl (C=O) groups is 1. The van der Waals surface area contributed by atoms with Crippen molar-refractivity contribution in [1.29, 1.82) is 0 Å². The van der Waals surface area contributed by atoms with Gasteiger partial charge in [0.2, 0.25) is 0 Å². The van der Waals surface area contributed by atoms with E-state index in [0.29, 0.717) is 5.92 Å². The Morgan fingerprint density at radius 1 is 1.59 bits per heavy atom. The summed E-state index contributed by atoms with van der Waals surface area (Å²) in [7, 11) is 0. The summed E-state index contributed by atoms with van der Waals surface area (Å²) in [6.45, 7) is 0.255. The topological polar surface area (TPSA) is 49.3 Å². The third kappa shape index (κ3) is 2.86. The van der Waals surface area contributed by atoms with Crippen molar-refractivity contribution in [3.63, 3.8) is 0 Å². The molecule has 0 aliphatic heterocycles. The fourth-order valence-corrected chi connectivity index (χ4v) is 1.92. The molecule has 3 nitrogen and oxygen atoms in total. The first-order valence-electron chi connectivity index (χ1n) is 5.72. The van der Waals surface area contributed by atoms with E-state index >= 15 is 0 Å². The zero-order valence-electron chi connectivity index (χ0n) is 9.52. The fraction of sp³-hybridized carbons (Fsp3) is 0.357. The van der Waals surface area contributed by atoms with Crippen LogP contribution in [0.25, 0.3) is 0 Å². The number of rotatable bonds is 5. The number of hydrogen-bond acceptors (Lipinski definition) is 2. The van der Waals surface area contributed by atoms with E-state index in [-0.39, 0.29) is 6.54 Å². The van der Waals surface area contributed by atoms with Gasteiger partial charge in [0.1, 0.15) is 6.04 Å². The first kappa shape index (κ1) is 11.7. The molecular weight excluding hydrogens is 214 g/mol. The molecule has 0 bridgehead atoms.